The summed E-state index contributed by atoms with van der Waals surface area (Å²) in [6.07, 6.45) is -1.16. The van der Waals surface area contributed by atoms with Crippen LogP contribution in [-0.2, 0) is 9.53 Å². The van der Waals surface area contributed by atoms with Gasteiger partial charge >= 0.3 is 5.97 Å². The zero-order valence-corrected chi connectivity index (χ0v) is 8.79. The molecule has 0 fully saturated rings. The Bertz CT molecular complexity index is 190. The van der Waals surface area contributed by atoms with Gasteiger partial charge in [-0.15, -0.1) is 0 Å². The number of aliphatic hydroxyl groups excluding tert-OH is 1. The topological polar surface area (TPSA) is 66.8 Å². The SMILES string of the molecule is COC(=O)[C@@](C)(O)[C@@H](O)C(C)(C)C. The largest absolute Gasteiger partial charge is 0.467 e. The summed E-state index contributed by atoms with van der Waals surface area (Å²) in [5, 5.41) is 19.3. The lowest BCUT2D eigenvalue weighted by atomic mass is 9.79. The smallest absolute Gasteiger partial charge is 0.340 e. The fraction of sp³-hybridized carbons (Fsp3) is 0.889. The highest BCUT2D eigenvalue weighted by atomic mass is 16.5. The van der Waals surface area contributed by atoms with Gasteiger partial charge in [0.05, 0.1) is 13.2 Å². The molecule has 0 saturated heterocycles. The van der Waals surface area contributed by atoms with Crippen molar-refractivity contribution in [1.82, 2.24) is 0 Å². The van der Waals surface area contributed by atoms with E-state index in [1.165, 1.54) is 14.0 Å². The van der Waals surface area contributed by atoms with Crippen LogP contribution in [-0.4, -0.2) is 35.0 Å². The predicted molar refractivity (Wildman–Crippen MR) is 48.1 cm³/mol. The molecule has 0 amide bonds. The third-order valence-electron chi connectivity index (χ3n) is 1.95. The summed E-state index contributed by atoms with van der Waals surface area (Å²) in [5.41, 5.74) is -2.43. The Morgan fingerprint density at radius 2 is 1.69 bits per heavy atom. The van der Waals surface area contributed by atoms with Crippen LogP contribution in [0.25, 0.3) is 0 Å². The average molecular weight is 190 g/mol. The van der Waals surface area contributed by atoms with Crippen molar-refractivity contribution < 1.29 is 19.7 Å². The molecule has 0 heterocycles. The third-order valence-corrected chi connectivity index (χ3v) is 1.95. The lowest BCUT2D eigenvalue weighted by Gasteiger charge is -2.35. The van der Waals surface area contributed by atoms with Crippen LogP contribution in [0.3, 0.4) is 0 Å². The molecule has 0 aliphatic carbocycles. The van der Waals surface area contributed by atoms with Crippen LogP contribution >= 0.6 is 0 Å². The molecule has 0 spiro atoms. The number of hydrogen-bond donors (Lipinski definition) is 2. The minimum Gasteiger partial charge on any atom is -0.467 e. The van der Waals surface area contributed by atoms with E-state index in [2.05, 4.69) is 4.74 Å². The van der Waals surface area contributed by atoms with Gasteiger partial charge in [0.1, 0.15) is 0 Å². The van der Waals surface area contributed by atoms with Gasteiger partial charge in [-0.1, -0.05) is 20.8 Å². The molecule has 2 atom stereocenters. The highest BCUT2D eigenvalue weighted by molar-refractivity contribution is 5.79. The molecule has 0 saturated carbocycles. The van der Waals surface area contributed by atoms with Crippen molar-refractivity contribution in [3.05, 3.63) is 0 Å². The number of ether oxygens (including phenoxy) is 1. The van der Waals surface area contributed by atoms with Crippen LogP contribution in [0.15, 0.2) is 0 Å². The Morgan fingerprint density at radius 3 is 1.92 bits per heavy atom. The van der Waals surface area contributed by atoms with E-state index < -0.39 is 23.1 Å². The predicted octanol–water partition coefficient (Wildman–Crippen LogP) is 0.317. The molecule has 4 nitrogen and oxygen atoms in total. The van der Waals surface area contributed by atoms with Gasteiger partial charge in [-0.05, 0) is 12.3 Å². The van der Waals surface area contributed by atoms with E-state index in [1.54, 1.807) is 20.8 Å². The lowest BCUT2D eigenvalue weighted by Crippen LogP contribution is -2.53. The number of carbonyl (C=O) groups is 1. The molecule has 0 aromatic heterocycles. The Hall–Kier alpha value is -0.610. The summed E-state index contributed by atoms with van der Waals surface area (Å²) < 4.78 is 4.38. The fourth-order valence-electron chi connectivity index (χ4n) is 1.16. The molecular formula is C9H18O4. The van der Waals surface area contributed by atoms with Crippen LogP contribution in [0.4, 0.5) is 0 Å². The van der Waals surface area contributed by atoms with Crippen LogP contribution in [0, 0.1) is 5.41 Å². The Morgan fingerprint density at radius 1 is 1.31 bits per heavy atom. The normalized spacial score (nSPS) is 19.0. The van der Waals surface area contributed by atoms with Gasteiger partial charge in [0, 0.05) is 0 Å². The highest BCUT2D eigenvalue weighted by Gasteiger charge is 2.45. The van der Waals surface area contributed by atoms with Crippen LogP contribution in [0.2, 0.25) is 0 Å². The molecule has 0 unspecified atom stereocenters. The second-order valence-corrected chi connectivity index (χ2v) is 4.41. The third kappa shape index (κ3) is 2.67. The monoisotopic (exact) mass is 190 g/mol. The summed E-state index contributed by atoms with van der Waals surface area (Å²) in [7, 11) is 1.17. The van der Waals surface area contributed by atoms with E-state index in [-0.39, 0.29) is 0 Å². The average Bonchev–Trinajstić information content (AvgIpc) is 1.99. The van der Waals surface area contributed by atoms with Crippen molar-refractivity contribution in [2.24, 2.45) is 5.41 Å². The zero-order valence-electron chi connectivity index (χ0n) is 8.79. The van der Waals surface area contributed by atoms with E-state index in [1.807, 2.05) is 0 Å². The molecule has 0 aromatic carbocycles. The van der Waals surface area contributed by atoms with E-state index in [0.29, 0.717) is 0 Å². The second-order valence-electron chi connectivity index (χ2n) is 4.41. The van der Waals surface area contributed by atoms with Gasteiger partial charge in [0.25, 0.3) is 0 Å². The van der Waals surface area contributed by atoms with Crippen molar-refractivity contribution >= 4 is 5.97 Å². The van der Waals surface area contributed by atoms with Crippen molar-refractivity contribution in [3.8, 4) is 0 Å². The van der Waals surface area contributed by atoms with Crippen LogP contribution in [0.1, 0.15) is 27.7 Å². The molecule has 0 aromatic rings. The second kappa shape index (κ2) is 3.64. The first-order valence-corrected chi connectivity index (χ1v) is 4.13. The summed E-state index contributed by atoms with van der Waals surface area (Å²) in [6, 6.07) is 0. The number of aliphatic hydroxyl groups is 2. The quantitative estimate of drug-likeness (QED) is 0.615. The van der Waals surface area contributed by atoms with Crippen molar-refractivity contribution in [2.75, 3.05) is 7.11 Å². The molecule has 0 bridgehead atoms. The fourth-order valence-corrected chi connectivity index (χ4v) is 1.16. The molecule has 4 heteroatoms. The molecule has 2 N–H and O–H groups in total. The lowest BCUT2D eigenvalue weighted by molar-refractivity contribution is -0.181. The summed E-state index contributed by atoms with van der Waals surface area (Å²) >= 11 is 0. The minimum atomic E-state index is -1.85. The Kier molecular flexibility index (Phi) is 3.47. The van der Waals surface area contributed by atoms with E-state index in [4.69, 9.17) is 0 Å². The Labute approximate surface area is 78.5 Å². The first-order valence-electron chi connectivity index (χ1n) is 4.13. The standard InChI is InChI=1S/C9H18O4/c1-8(2,3)6(10)9(4,12)7(11)13-5/h6,10,12H,1-5H3/t6-,9-/m0/s1. The van der Waals surface area contributed by atoms with E-state index in [9.17, 15) is 15.0 Å². The number of methoxy groups -OCH3 is 1. The molecule has 0 rings (SSSR count). The number of hydrogen-bond acceptors (Lipinski definition) is 4. The molecule has 0 aliphatic rings. The highest BCUT2D eigenvalue weighted by Crippen LogP contribution is 2.28. The zero-order chi connectivity index (χ0) is 10.9. The maximum atomic E-state index is 11.1. The van der Waals surface area contributed by atoms with Crippen LogP contribution in [0.5, 0.6) is 0 Å². The van der Waals surface area contributed by atoms with Crippen molar-refractivity contribution in [3.63, 3.8) is 0 Å². The first kappa shape index (κ1) is 12.4. The molecule has 0 radical (unpaired) electrons. The number of rotatable bonds is 2. The summed E-state index contributed by atoms with van der Waals surface area (Å²) in [5.74, 6) is -0.824. The first-order chi connectivity index (χ1) is 5.64. The van der Waals surface area contributed by atoms with E-state index in [0.717, 1.165) is 0 Å². The van der Waals surface area contributed by atoms with Gasteiger partial charge in [0.15, 0.2) is 5.60 Å². The maximum Gasteiger partial charge on any atom is 0.340 e. The molecule has 13 heavy (non-hydrogen) atoms. The van der Waals surface area contributed by atoms with Crippen molar-refractivity contribution in [1.29, 1.82) is 0 Å². The molecular weight excluding hydrogens is 172 g/mol. The van der Waals surface area contributed by atoms with E-state index >= 15 is 0 Å². The van der Waals surface area contributed by atoms with Gasteiger partial charge < -0.3 is 14.9 Å². The maximum absolute atomic E-state index is 11.1. The van der Waals surface area contributed by atoms with Crippen LogP contribution < -0.4 is 0 Å². The minimum absolute atomic E-state index is 0.572. The summed E-state index contributed by atoms with van der Waals surface area (Å²) in [4.78, 5) is 11.1. The van der Waals surface area contributed by atoms with Gasteiger partial charge in [-0.2, -0.15) is 0 Å². The van der Waals surface area contributed by atoms with Gasteiger partial charge in [-0.25, -0.2) is 4.79 Å². The summed E-state index contributed by atoms with van der Waals surface area (Å²) in [6.45, 7) is 6.44. The molecule has 78 valence electrons. The van der Waals surface area contributed by atoms with Crippen molar-refractivity contribution in [2.45, 2.75) is 39.4 Å². The molecule has 0 aliphatic heterocycles. The number of carbonyl (C=O) groups excluding carboxylic acids is 1. The van der Waals surface area contributed by atoms with Gasteiger partial charge in [-0.3, -0.25) is 0 Å². The number of esters is 1. The van der Waals surface area contributed by atoms with Gasteiger partial charge in [0.2, 0.25) is 0 Å². The Balaban J connectivity index is 4.74.